The number of nitrogens with zero attached hydrogens (tertiary/aromatic N) is 1. The number of rotatable bonds is 2. The van der Waals surface area contributed by atoms with Gasteiger partial charge in [-0.25, -0.2) is 4.79 Å². The minimum Gasteiger partial charge on any atom is -0.444 e. The van der Waals surface area contributed by atoms with E-state index in [1.807, 2.05) is 20.8 Å². The molecule has 4 nitrogen and oxygen atoms in total. The Morgan fingerprint density at radius 2 is 1.93 bits per heavy atom. The average molecular weight is 211 g/mol. The summed E-state index contributed by atoms with van der Waals surface area (Å²) in [7, 11) is 0. The molecule has 0 aromatic carbocycles. The summed E-state index contributed by atoms with van der Waals surface area (Å²) < 4.78 is 5.15. The Kier molecular flexibility index (Phi) is 3.17. The van der Waals surface area contributed by atoms with Gasteiger partial charge in [-0.1, -0.05) is 6.58 Å². The van der Waals surface area contributed by atoms with Crippen LogP contribution < -0.4 is 0 Å². The van der Waals surface area contributed by atoms with Gasteiger partial charge in [0, 0.05) is 13.1 Å². The third kappa shape index (κ3) is 3.08. The van der Waals surface area contributed by atoms with Crippen LogP contribution in [0.15, 0.2) is 12.7 Å². The molecule has 0 radical (unpaired) electrons. The van der Waals surface area contributed by atoms with Crippen LogP contribution in [-0.2, 0) is 9.53 Å². The zero-order chi connectivity index (χ0) is 11.6. The van der Waals surface area contributed by atoms with Gasteiger partial charge in [0.15, 0.2) is 5.78 Å². The van der Waals surface area contributed by atoms with Crippen molar-refractivity contribution in [2.75, 3.05) is 13.1 Å². The molecule has 1 aliphatic heterocycles. The topological polar surface area (TPSA) is 46.6 Å². The number of carbonyl (C=O) groups is 2. The van der Waals surface area contributed by atoms with E-state index in [9.17, 15) is 9.59 Å². The van der Waals surface area contributed by atoms with Crippen LogP contribution in [0.3, 0.4) is 0 Å². The first-order valence-electron chi connectivity index (χ1n) is 4.97. The molecule has 1 saturated heterocycles. The second kappa shape index (κ2) is 4.04. The van der Waals surface area contributed by atoms with Crippen LogP contribution in [0.4, 0.5) is 4.79 Å². The summed E-state index contributed by atoms with van der Waals surface area (Å²) in [4.78, 5) is 24.1. The fourth-order valence-corrected chi connectivity index (χ4v) is 1.30. The van der Waals surface area contributed by atoms with Gasteiger partial charge < -0.3 is 9.64 Å². The summed E-state index contributed by atoms with van der Waals surface area (Å²) in [5, 5.41) is 0. The Morgan fingerprint density at radius 1 is 1.40 bits per heavy atom. The molecule has 0 atom stereocenters. The van der Waals surface area contributed by atoms with E-state index < -0.39 is 5.60 Å². The highest BCUT2D eigenvalue weighted by molar-refractivity contribution is 5.93. The lowest BCUT2D eigenvalue weighted by Crippen LogP contribution is -2.53. The zero-order valence-corrected chi connectivity index (χ0v) is 9.45. The molecule has 0 unspecified atom stereocenters. The first-order valence-corrected chi connectivity index (χ1v) is 4.97. The maximum absolute atomic E-state index is 11.5. The number of amides is 1. The Balaban J connectivity index is 2.36. The molecular weight excluding hydrogens is 194 g/mol. The standard InChI is InChI=1S/C11H17NO3/c1-5-9(13)8-6-12(7-8)10(14)15-11(2,3)4/h5,8H,1,6-7H2,2-4H3. The van der Waals surface area contributed by atoms with Gasteiger partial charge in [-0.05, 0) is 26.8 Å². The summed E-state index contributed by atoms with van der Waals surface area (Å²) in [6, 6.07) is 0. The van der Waals surface area contributed by atoms with Gasteiger partial charge >= 0.3 is 6.09 Å². The van der Waals surface area contributed by atoms with Crippen molar-refractivity contribution < 1.29 is 14.3 Å². The maximum atomic E-state index is 11.5. The second-order valence-electron chi connectivity index (χ2n) is 4.69. The van der Waals surface area contributed by atoms with Gasteiger partial charge in [0.05, 0.1) is 5.92 Å². The molecule has 1 heterocycles. The Labute approximate surface area is 89.9 Å². The molecule has 4 heteroatoms. The van der Waals surface area contributed by atoms with Gasteiger partial charge in [0.25, 0.3) is 0 Å². The van der Waals surface area contributed by atoms with Crippen molar-refractivity contribution in [3.05, 3.63) is 12.7 Å². The molecule has 0 N–H and O–H groups in total. The van der Waals surface area contributed by atoms with Gasteiger partial charge in [-0.2, -0.15) is 0 Å². The molecule has 0 aliphatic carbocycles. The van der Waals surface area contributed by atoms with Crippen LogP contribution in [0.5, 0.6) is 0 Å². The molecule has 0 spiro atoms. The molecule has 1 aliphatic rings. The molecule has 84 valence electrons. The van der Waals surface area contributed by atoms with E-state index in [-0.39, 0.29) is 17.8 Å². The van der Waals surface area contributed by atoms with Gasteiger partial charge in [-0.3, -0.25) is 4.79 Å². The summed E-state index contributed by atoms with van der Waals surface area (Å²) in [6.07, 6.45) is 0.951. The first-order chi connectivity index (χ1) is 6.83. The largest absolute Gasteiger partial charge is 0.444 e. The SMILES string of the molecule is C=CC(=O)C1CN(C(=O)OC(C)(C)C)C1. The summed E-state index contributed by atoms with van der Waals surface area (Å²) in [5.74, 6) is -0.0928. The number of allylic oxidation sites excluding steroid dienone is 1. The fraction of sp³-hybridized carbons (Fsp3) is 0.636. The minimum absolute atomic E-state index is 0.00481. The fourth-order valence-electron chi connectivity index (χ4n) is 1.30. The third-order valence-electron chi connectivity index (χ3n) is 2.14. The van der Waals surface area contributed by atoms with Crippen LogP contribution in [-0.4, -0.2) is 35.5 Å². The summed E-state index contributed by atoms with van der Waals surface area (Å²) in [5.41, 5.74) is -0.482. The van der Waals surface area contributed by atoms with Gasteiger partial charge in [0.2, 0.25) is 0 Å². The molecule has 15 heavy (non-hydrogen) atoms. The lowest BCUT2D eigenvalue weighted by molar-refractivity contribution is -0.122. The van der Waals surface area contributed by atoms with Crippen molar-refractivity contribution >= 4 is 11.9 Å². The molecular formula is C11H17NO3. The van der Waals surface area contributed by atoms with Crippen LogP contribution in [0.2, 0.25) is 0 Å². The molecule has 1 fully saturated rings. The molecule has 1 rings (SSSR count). The van der Waals surface area contributed by atoms with Crippen molar-refractivity contribution in [3.63, 3.8) is 0 Å². The first kappa shape index (κ1) is 11.8. The number of ketones is 1. The highest BCUT2D eigenvalue weighted by atomic mass is 16.6. The van der Waals surface area contributed by atoms with E-state index in [0.29, 0.717) is 13.1 Å². The van der Waals surface area contributed by atoms with E-state index in [2.05, 4.69) is 6.58 Å². The normalized spacial score (nSPS) is 16.9. The highest BCUT2D eigenvalue weighted by Crippen LogP contribution is 2.20. The van der Waals surface area contributed by atoms with E-state index in [0.717, 1.165) is 0 Å². The maximum Gasteiger partial charge on any atom is 0.410 e. The summed E-state index contributed by atoms with van der Waals surface area (Å²) >= 11 is 0. The van der Waals surface area contributed by atoms with Crippen LogP contribution in [0.1, 0.15) is 20.8 Å². The van der Waals surface area contributed by atoms with Crippen molar-refractivity contribution in [3.8, 4) is 0 Å². The Morgan fingerprint density at radius 3 is 2.33 bits per heavy atom. The average Bonchev–Trinajstić information content (AvgIpc) is 1.97. The Hall–Kier alpha value is -1.32. The predicted octanol–water partition coefficient (Wildman–Crippen LogP) is 1.61. The van der Waals surface area contributed by atoms with Crippen molar-refractivity contribution in [2.45, 2.75) is 26.4 Å². The van der Waals surface area contributed by atoms with Crippen molar-refractivity contribution in [1.29, 1.82) is 0 Å². The number of hydrogen-bond acceptors (Lipinski definition) is 3. The molecule has 1 amide bonds. The number of ether oxygens (including phenoxy) is 1. The highest BCUT2D eigenvalue weighted by Gasteiger charge is 2.36. The van der Waals surface area contributed by atoms with Crippen LogP contribution >= 0.6 is 0 Å². The number of hydrogen-bond donors (Lipinski definition) is 0. The molecule has 0 bridgehead atoms. The van der Waals surface area contributed by atoms with Gasteiger partial charge in [0.1, 0.15) is 5.60 Å². The molecule has 0 aromatic rings. The van der Waals surface area contributed by atoms with Crippen molar-refractivity contribution in [2.24, 2.45) is 5.92 Å². The zero-order valence-electron chi connectivity index (χ0n) is 9.45. The van der Waals surface area contributed by atoms with E-state index in [1.54, 1.807) is 0 Å². The predicted molar refractivity (Wildman–Crippen MR) is 56.5 cm³/mol. The summed E-state index contributed by atoms with van der Waals surface area (Å²) in [6.45, 7) is 9.75. The van der Waals surface area contributed by atoms with Gasteiger partial charge in [-0.15, -0.1) is 0 Å². The minimum atomic E-state index is -0.482. The molecule has 0 saturated carbocycles. The monoisotopic (exact) mass is 211 g/mol. The lowest BCUT2D eigenvalue weighted by atomic mass is 9.96. The van der Waals surface area contributed by atoms with E-state index in [4.69, 9.17) is 4.74 Å². The second-order valence-corrected chi connectivity index (χ2v) is 4.69. The Bertz CT molecular complexity index is 285. The number of likely N-dealkylation sites (tertiary alicyclic amines) is 1. The third-order valence-corrected chi connectivity index (χ3v) is 2.14. The van der Waals surface area contributed by atoms with E-state index in [1.165, 1.54) is 11.0 Å². The number of carbonyl (C=O) groups excluding carboxylic acids is 2. The molecule has 0 aromatic heterocycles. The van der Waals surface area contributed by atoms with Crippen LogP contribution in [0.25, 0.3) is 0 Å². The quantitative estimate of drug-likeness (QED) is 0.652. The van der Waals surface area contributed by atoms with Crippen LogP contribution in [0, 0.1) is 5.92 Å². The smallest absolute Gasteiger partial charge is 0.410 e. The lowest BCUT2D eigenvalue weighted by Gasteiger charge is -2.38. The van der Waals surface area contributed by atoms with Crippen molar-refractivity contribution in [1.82, 2.24) is 4.90 Å². The van der Waals surface area contributed by atoms with E-state index >= 15 is 0 Å².